The van der Waals surface area contributed by atoms with Crippen LogP contribution >= 0.6 is 0 Å². The molecular weight excluding hydrogens is 288 g/mol. The average Bonchev–Trinajstić information content (AvgIpc) is 2.99. The molecule has 21 heavy (non-hydrogen) atoms. The molecule has 0 radical (unpaired) electrons. The van der Waals surface area contributed by atoms with Gasteiger partial charge in [0, 0.05) is 25.4 Å². The summed E-state index contributed by atoms with van der Waals surface area (Å²) in [6.07, 6.45) is 3.72. The molecule has 6 heteroatoms. The van der Waals surface area contributed by atoms with Crippen molar-refractivity contribution in [2.45, 2.75) is 43.6 Å². The second-order valence-electron chi connectivity index (χ2n) is 5.75. The normalized spacial score (nSPS) is 21.9. The summed E-state index contributed by atoms with van der Waals surface area (Å²) in [6.45, 7) is 4.00. The van der Waals surface area contributed by atoms with Crippen molar-refractivity contribution in [3.63, 3.8) is 0 Å². The highest BCUT2D eigenvalue weighted by molar-refractivity contribution is 7.89. The lowest BCUT2D eigenvalue weighted by Crippen LogP contribution is -2.33. The van der Waals surface area contributed by atoms with Gasteiger partial charge in [-0.2, -0.15) is 0 Å². The van der Waals surface area contributed by atoms with Crippen molar-refractivity contribution < 1.29 is 13.2 Å². The Balaban J connectivity index is 1.84. The Labute approximate surface area is 126 Å². The molecule has 0 bridgehead atoms. The third-order valence-corrected chi connectivity index (χ3v) is 5.71. The topological polar surface area (TPSA) is 67.4 Å². The van der Waals surface area contributed by atoms with Crippen molar-refractivity contribution in [2.75, 3.05) is 25.0 Å². The Hall–Kier alpha value is -1.11. The first-order valence-corrected chi connectivity index (χ1v) is 9.04. The van der Waals surface area contributed by atoms with Gasteiger partial charge in [-0.1, -0.05) is 6.07 Å². The van der Waals surface area contributed by atoms with Gasteiger partial charge in [-0.3, -0.25) is 0 Å². The third-order valence-electron chi connectivity index (χ3n) is 4.20. The van der Waals surface area contributed by atoms with E-state index in [1.807, 2.05) is 13.0 Å². The molecule has 0 aromatic heterocycles. The third kappa shape index (κ3) is 3.07. The van der Waals surface area contributed by atoms with Crippen LogP contribution in [0.4, 0.5) is 5.69 Å². The second kappa shape index (κ2) is 5.94. The lowest BCUT2D eigenvalue weighted by atomic mass is 10.00. The molecule has 0 saturated carbocycles. The Kier molecular flexibility index (Phi) is 4.19. The summed E-state index contributed by atoms with van der Waals surface area (Å²) in [4.78, 5) is 0.410. The number of nitrogens with one attached hydrogen (secondary N) is 2. The number of ether oxygens (including phenoxy) is 1. The average molecular weight is 310 g/mol. The van der Waals surface area contributed by atoms with Gasteiger partial charge >= 0.3 is 0 Å². The molecule has 2 aliphatic heterocycles. The smallest absolute Gasteiger partial charge is 0.241 e. The molecule has 1 saturated heterocycles. The van der Waals surface area contributed by atoms with Crippen molar-refractivity contribution in [1.29, 1.82) is 0 Å². The summed E-state index contributed by atoms with van der Waals surface area (Å²) in [7, 11) is -3.48. The maximum Gasteiger partial charge on any atom is 0.241 e. The zero-order chi connectivity index (χ0) is 14.9. The van der Waals surface area contributed by atoms with E-state index in [0.717, 1.165) is 55.6 Å². The Morgan fingerprint density at radius 3 is 3.00 bits per heavy atom. The van der Waals surface area contributed by atoms with E-state index in [2.05, 4.69) is 10.0 Å². The molecular formula is C15H22N2O3S. The lowest BCUT2D eigenvalue weighted by molar-refractivity contribution is 0.114. The van der Waals surface area contributed by atoms with Crippen LogP contribution in [0.3, 0.4) is 0 Å². The predicted molar refractivity (Wildman–Crippen MR) is 82.2 cm³/mol. The molecule has 5 nitrogen and oxygen atoms in total. The quantitative estimate of drug-likeness (QED) is 0.890. The van der Waals surface area contributed by atoms with Crippen LogP contribution in [0, 0.1) is 6.92 Å². The molecule has 1 unspecified atom stereocenters. The highest BCUT2D eigenvalue weighted by atomic mass is 32.2. The van der Waals surface area contributed by atoms with Gasteiger partial charge in [-0.25, -0.2) is 13.1 Å². The first kappa shape index (κ1) is 14.8. The van der Waals surface area contributed by atoms with Crippen molar-refractivity contribution in [2.24, 2.45) is 0 Å². The van der Waals surface area contributed by atoms with Gasteiger partial charge in [0.1, 0.15) is 0 Å². The predicted octanol–water partition coefficient (Wildman–Crippen LogP) is 1.81. The fraction of sp³-hybridized carbons (Fsp3) is 0.600. The summed E-state index contributed by atoms with van der Waals surface area (Å²) in [5, 5.41) is 3.32. The van der Waals surface area contributed by atoms with Crippen molar-refractivity contribution in [3.05, 3.63) is 23.3 Å². The van der Waals surface area contributed by atoms with Crippen molar-refractivity contribution in [3.8, 4) is 0 Å². The van der Waals surface area contributed by atoms with Crippen LogP contribution in [0.15, 0.2) is 17.0 Å². The van der Waals surface area contributed by atoms with E-state index in [1.165, 1.54) is 0 Å². The molecule has 0 amide bonds. The first-order valence-electron chi connectivity index (χ1n) is 7.55. The number of sulfonamides is 1. The Morgan fingerprint density at radius 2 is 2.24 bits per heavy atom. The number of anilines is 1. The minimum Gasteiger partial charge on any atom is -0.385 e. The lowest BCUT2D eigenvalue weighted by Gasteiger charge is -2.23. The van der Waals surface area contributed by atoms with Crippen LogP contribution in [-0.4, -0.2) is 34.2 Å². The minimum absolute atomic E-state index is 0.0131. The zero-order valence-corrected chi connectivity index (χ0v) is 13.1. The van der Waals surface area contributed by atoms with Crippen LogP contribution in [0.25, 0.3) is 0 Å². The molecule has 1 aromatic rings. The van der Waals surface area contributed by atoms with E-state index in [4.69, 9.17) is 4.74 Å². The Bertz CT molecular complexity index is 622. The number of rotatable bonds is 4. The first-order chi connectivity index (χ1) is 10.1. The molecule has 2 aliphatic rings. The van der Waals surface area contributed by atoms with Crippen molar-refractivity contribution in [1.82, 2.24) is 4.72 Å². The highest BCUT2D eigenvalue weighted by Crippen LogP contribution is 2.31. The molecule has 1 fully saturated rings. The summed E-state index contributed by atoms with van der Waals surface area (Å²) < 4.78 is 33.3. The summed E-state index contributed by atoms with van der Waals surface area (Å²) in [5.74, 6) is 0. The summed E-state index contributed by atoms with van der Waals surface area (Å²) in [6, 6.07) is 3.59. The fourth-order valence-corrected chi connectivity index (χ4v) is 4.39. The minimum atomic E-state index is -3.48. The van der Waals surface area contributed by atoms with Crippen molar-refractivity contribution >= 4 is 15.7 Å². The molecule has 1 aromatic carbocycles. The zero-order valence-electron chi connectivity index (χ0n) is 12.3. The number of fused-ring (bicyclic) bond motifs is 1. The van der Waals surface area contributed by atoms with E-state index in [1.54, 1.807) is 6.07 Å². The molecule has 0 spiro atoms. The monoisotopic (exact) mass is 310 g/mol. The Morgan fingerprint density at radius 1 is 1.38 bits per heavy atom. The molecule has 2 heterocycles. The number of hydrogen-bond donors (Lipinski definition) is 2. The standard InChI is InChI=1S/C15H22N2O3S/c1-11-6-7-14(13-5-2-8-16-15(11)13)21(18,19)17-10-12-4-3-9-20-12/h6-7,12,16-17H,2-5,8-10H2,1H3. The SMILES string of the molecule is Cc1ccc(S(=O)(=O)NCC2CCCO2)c2c1NCCC2. The molecule has 116 valence electrons. The van der Waals surface area contributed by atoms with E-state index in [9.17, 15) is 8.42 Å². The second-order valence-corrected chi connectivity index (χ2v) is 7.49. The van der Waals surface area contributed by atoms with Crippen LogP contribution in [-0.2, 0) is 21.2 Å². The highest BCUT2D eigenvalue weighted by Gasteiger charge is 2.25. The fourth-order valence-electron chi connectivity index (χ4n) is 3.06. The van der Waals surface area contributed by atoms with Gasteiger partial charge in [-0.15, -0.1) is 0 Å². The van der Waals surface area contributed by atoms with E-state index >= 15 is 0 Å². The van der Waals surface area contributed by atoms with Crippen LogP contribution in [0.1, 0.15) is 30.4 Å². The number of hydrogen-bond acceptors (Lipinski definition) is 4. The van der Waals surface area contributed by atoms with Gasteiger partial charge in [-0.05, 0) is 49.8 Å². The maximum atomic E-state index is 12.6. The molecule has 1 atom stereocenters. The number of aryl methyl sites for hydroxylation is 1. The largest absolute Gasteiger partial charge is 0.385 e. The van der Waals surface area contributed by atoms with Crippen LogP contribution in [0.5, 0.6) is 0 Å². The van der Waals surface area contributed by atoms with Crippen LogP contribution < -0.4 is 10.0 Å². The molecule has 0 aliphatic carbocycles. The summed E-state index contributed by atoms with van der Waals surface area (Å²) >= 11 is 0. The van der Waals surface area contributed by atoms with Crippen LogP contribution in [0.2, 0.25) is 0 Å². The maximum absolute atomic E-state index is 12.6. The summed E-state index contributed by atoms with van der Waals surface area (Å²) in [5.41, 5.74) is 3.00. The van der Waals surface area contributed by atoms with Gasteiger partial charge in [0.15, 0.2) is 0 Å². The van der Waals surface area contributed by atoms with Gasteiger partial charge in [0.2, 0.25) is 10.0 Å². The number of benzene rings is 1. The molecule has 3 rings (SSSR count). The van der Waals surface area contributed by atoms with E-state index in [0.29, 0.717) is 11.4 Å². The van der Waals surface area contributed by atoms with E-state index in [-0.39, 0.29) is 6.10 Å². The van der Waals surface area contributed by atoms with Gasteiger partial charge in [0.05, 0.1) is 11.0 Å². The molecule has 2 N–H and O–H groups in total. The van der Waals surface area contributed by atoms with Gasteiger partial charge in [0.25, 0.3) is 0 Å². The van der Waals surface area contributed by atoms with Gasteiger partial charge < -0.3 is 10.1 Å². The van der Waals surface area contributed by atoms with E-state index < -0.39 is 10.0 Å².